The van der Waals surface area contributed by atoms with Crippen LogP contribution in [0.5, 0.6) is 0 Å². The van der Waals surface area contributed by atoms with Crippen molar-refractivity contribution in [2.24, 2.45) is 11.8 Å². The Balaban J connectivity index is 2.95. The van der Waals surface area contributed by atoms with E-state index in [0.29, 0.717) is 11.7 Å². The van der Waals surface area contributed by atoms with E-state index in [2.05, 4.69) is 34.5 Å². The molecule has 118 valence electrons. The minimum Gasteiger partial charge on any atom is -0.366 e. The van der Waals surface area contributed by atoms with E-state index >= 15 is 0 Å². The molecule has 0 radical (unpaired) electrons. The standard InChI is InChI=1S/C13H24N6O2/c1-9(2)5-10(8-18(3)4)15-12-6-11(19(20)21)7-13(16-12)17-14/h6-7,9-10H,5,8,14H2,1-4H3,(H2,15,16,17). The van der Waals surface area contributed by atoms with E-state index < -0.39 is 4.92 Å². The van der Waals surface area contributed by atoms with Crippen molar-refractivity contribution < 1.29 is 4.92 Å². The topological polar surface area (TPSA) is 109 Å². The average Bonchev–Trinajstić information content (AvgIpc) is 2.36. The molecule has 0 saturated heterocycles. The molecular formula is C13H24N6O2. The first-order valence-corrected chi connectivity index (χ1v) is 6.86. The monoisotopic (exact) mass is 296 g/mol. The molecule has 0 spiro atoms. The van der Waals surface area contributed by atoms with Crippen molar-refractivity contribution in [3.05, 3.63) is 22.2 Å². The number of pyridine rings is 1. The fourth-order valence-electron chi connectivity index (χ4n) is 2.17. The van der Waals surface area contributed by atoms with Crippen LogP contribution in [0.1, 0.15) is 20.3 Å². The molecule has 8 heteroatoms. The number of anilines is 2. The Morgan fingerprint density at radius 3 is 2.48 bits per heavy atom. The number of aromatic nitrogens is 1. The summed E-state index contributed by atoms with van der Waals surface area (Å²) in [7, 11) is 3.98. The molecule has 0 aliphatic carbocycles. The molecular weight excluding hydrogens is 272 g/mol. The number of nitrogen functional groups attached to an aromatic ring is 1. The number of nitrogens with two attached hydrogens (primary N) is 1. The van der Waals surface area contributed by atoms with Crippen LogP contribution in [0.15, 0.2) is 12.1 Å². The summed E-state index contributed by atoms with van der Waals surface area (Å²) in [5.41, 5.74) is 2.30. The Hall–Kier alpha value is -1.93. The van der Waals surface area contributed by atoms with Crippen LogP contribution in [-0.4, -0.2) is 41.5 Å². The summed E-state index contributed by atoms with van der Waals surface area (Å²) in [5, 5.41) is 14.2. The zero-order valence-corrected chi connectivity index (χ0v) is 13.0. The van der Waals surface area contributed by atoms with Gasteiger partial charge in [-0.15, -0.1) is 0 Å². The maximum absolute atomic E-state index is 10.9. The van der Waals surface area contributed by atoms with Crippen LogP contribution >= 0.6 is 0 Å². The lowest BCUT2D eigenvalue weighted by Gasteiger charge is -2.24. The fourth-order valence-corrected chi connectivity index (χ4v) is 2.17. The molecule has 1 aromatic rings. The Morgan fingerprint density at radius 1 is 1.38 bits per heavy atom. The van der Waals surface area contributed by atoms with E-state index in [4.69, 9.17) is 5.84 Å². The molecule has 1 heterocycles. The van der Waals surface area contributed by atoms with E-state index in [1.807, 2.05) is 14.1 Å². The van der Waals surface area contributed by atoms with E-state index in [1.54, 1.807) is 0 Å². The molecule has 0 bridgehead atoms. The third-order valence-electron chi connectivity index (χ3n) is 2.86. The number of likely N-dealkylation sites (N-methyl/N-ethyl adjacent to an activating group) is 1. The lowest BCUT2D eigenvalue weighted by Crippen LogP contribution is -2.33. The normalized spacial score (nSPS) is 12.5. The summed E-state index contributed by atoms with van der Waals surface area (Å²) in [6, 6.07) is 2.87. The Labute approximate surface area is 124 Å². The van der Waals surface area contributed by atoms with Gasteiger partial charge in [0.1, 0.15) is 11.6 Å². The average molecular weight is 296 g/mol. The third kappa shape index (κ3) is 5.92. The second-order valence-electron chi connectivity index (χ2n) is 5.73. The minimum absolute atomic E-state index is 0.0476. The summed E-state index contributed by atoms with van der Waals surface area (Å²) in [6.45, 7) is 5.09. The van der Waals surface area contributed by atoms with Crippen molar-refractivity contribution in [2.75, 3.05) is 31.4 Å². The van der Waals surface area contributed by atoms with Gasteiger partial charge in [0.2, 0.25) is 0 Å². The quantitative estimate of drug-likeness (QED) is 0.380. The molecule has 0 aromatic carbocycles. The van der Waals surface area contributed by atoms with Crippen molar-refractivity contribution in [3.8, 4) is 0 Å². The molecule has 1 atom stereocenters. The molecule has 8 nitrogen and oxygen atoms in total. The summed E-state index contributed by atoms with van der Waals surface area (Å²) >= 11 is 0. The zero-order valence-electron chi connectivity index (χ0n) is 13.0. The van der Waals surface area contributed by atoms with Crippen molar-refractivity contribution in [2.45, 2.75) is 26.3 Å². The molecule has 1 rings (SSSR count). The van der Waals surface area contributed by atoms with E-state index in [1.165, 1.54) is 12.1 Å². The molecule has 0 aliphatic heterocycles. The van der Waals surface area contributed by atoms with Crippen LogP contribution in [0.2, 0.25) is 0 Å². The van der Waals surface area contributed by atoms with Gasteiger partial charge in [0.15, 0.2) is 0 Å². The van der Waals surface area contributed by atoms with Crippen molar-refractivity contribution >= 4 is 17.3 Å². The van der Waals surface area contributed by atoms with Crippen LogP contribution in [-0.2, 0) is 0 Å². The number of hydrazine groups is 1. The lowest BCUT2D eigenvalue weighted by atomic mass is 10.0. The van der Waals surface area contributed by atoms with E-state index in [0.717, 1.165) is 13.0 Å². The van der Waals surface area contributed by atoms with Crippen molar-refractivity contribution in [3.63, 3.8) is 0 Å². The van der Waals surface area contributed by atoms with Gasteiger partial charge in [-0.2, -0.15) is 0 Å². The molecule has 1 aromatic heterocycles. The Kier molecular flexibility index (Phi) is 6.32. The van der Waals surface area contributed by atoms with Gasteiger partial charge in [-0.1, -0.05) is 13.8 Å². The first-order chi connectivity index (χ1) is 9.81. The SMILES string of the molecule is CC(C)CC(CN(C)C)Nc1cc([N+](=O)[O-])cc(NN)n1. The highest BCUT2D eigenvalue weighted by Crippen LogP contribution is 2.21. The maximum Gasteiger partial charge on any atom is 0.276 e. The molecule has 0 amide bonds. The van der Waals surface area contributed by atoms with Crippen LogP contribution in [0.4, 0.5) is 17.3 Å². The Bertz CT molecular complexity index is 468. The van der Waals surface area contributed by atoms with Gasteiger partial charge >= 0.3 is 0 Å². The number of hydrogen-bond acceptors (Lipinski definition) is 7. The lowest BCUT2D eigenvalue weighted by molar-refractivity contribution is -0.384. The van der Waals surface area contributed by atoms with E-state index in [9.17, 15) is 10.1 Å². The second kappa shape index (κ2) is 7.75. The zero-order chi connectivity index (χ0) is 16.0. The molecule has 0 saturated carbocycles. The van der Waals surface area contributed by atoms with E-state index in [-0.39, 0.29) is 17.5 Å². The fraction of sp³-hybridized carbons (Fsp3) is 0.615. The van der Waals surface area contributed by atoms with Crippen LogP contribution in [0.3, 0.4) is 0 Å². The molecule has 1 unspecified atom stereocenters. The number of rotatable bonds is 8. The van der Waals surface area contributed by atoms with Gasteiger partial charge in [0.05, 0.1) is 17.1 Å². The highest BCUT2D eigenvalue weighted by atomic mass is 16.6. The number of nitro groups is 1. The molecule has 21 heavy (non-hydrogen) atoms. The summed E-state index contributed by atoms with van der Waals surface area (Å²) in [6.07, 6.45) is 0.938. The summed E-state index contributed by atoms with van der Waals surface area (Å²) in [5.74, 6) is 6.53. The van der Waals surface area contributed by atoms with Crippen molar-refractivity contribution in [1.82, 2.24) is 9.88 Å². The molecule has 0 fully saturated rings. The number of hydrogen-bond donors (Lipinski definition) is 3. The summed E-state index contributed by atoms with van der Waals surface area (Å²) < 4.78 is 0. The Morgan fingerprint density at radius 2 is 2.00 bits per heavy atom. The van der Waals surface area contributed by atoms with Gasteiger partial charge in [-0.3, -0.25) is 10.1 Å². The first kappa shape index (κ1) is 17.1. The highest BCUT2D eigenvalue weighted by molar-refractivity contribution is 5.54. The largest absolute Gasteiger partial charge is 0.366 e. The van der Waals surface area contributed by atoms with Gasteiger partial charge in [0, 0.05) is 12.6 Å². The number of nitrogens with zero attached hydrogens (tertiary/aromatic N) is 3. The predicted molar refractivity (Wildman–Crippen MR) is 84.1 cm³/mol. The van der Waals surface area contributed by atoms with Gasteiger partial charge in [-0.05, 0) is 26.4 Å². The highest BCUT2D eigenvalue weighted by Gasteiger charge is 2.16. The number of nitrogens with one attached hydrogen (secondary N) is 2. The minimum atomic E-state index is -0.461. The maximum atomic E-state index is 10.9. The first-order valence-electron chi connectivity index (χ1n) is 6.86. The van der Waals surface area contributed by atoms with Gasteiger partial charge in [0.25, 0.3) is 5.69 Å². The predicted octanol–water partition coefficient (Wildman–Crippen LogP) is 1.66. The third-order valence-corrected chi connectivity index (χ3v) is 2.86. The van der Waals surface area contributed by atoms with Crippen LogP contribution in [0.25, 0.3) is 0 Å². The van der Waals surface area contributed by atoms with Crippen LogP contribution < -0.4 is 16.6 Å². The van der Waals surface area contributed by atoms with Crippen molar-refractivity contribution in [1.29, 1.82) is 0 Å². The molecule has 4 N–H and O–H groups in total. The second-order valence-corrected chi connectivity index (χ2v) is 5.73. The molecule has 0 aliphatic rings. The van der Waals surface area contributed by atoms with Gasteiger partial charge in [-0.25, -0.2) is 10.8 Å². The summed E-state index contributed by atoms with van der Waals surface area (Å²) in [4.78, 5) is 16.8. The van der Waals surface area contributed by atoms with Crippen LogP contribution in [0, 0.1) is 16.0 Å². The smallest absolute Gasteiger partial charge is 0.276 e. The van der Waals surface area contributed by atoms with Gasteiger partial charge < -0.3 is 15.6 Å².